The Morgan fingerprint density at radius 2 is 2.05 bits per heavy atom. The van der Waals surface area contributed by atoms with E-state index in [4.69, 9.17) is 0 Å². The highest BCUT2D eigenvalue weighted by Crippen LogP contribution is 2.24. The monoisotopic (exact) mass is 353 g/mol. The lowest BCUT2D eigenvalue weighted by Gasteiger charge is -2.21. The van der Waals surface area contributed by atoms with Crippen molar-refractivity contribution in [1.82, 2.24) is 10.3 Å². The second-order valence-electron chi connectivity index (χ2n) is 5.14. The predicted octanol–water partition coefficient (Wildman–Crippen LogP) is 3.32. The van der Waals surface area contributed by atoms with E-state index in [-0.39, 0.29) is 23.7 Å². The number of hydrogen-bond acceptors (Lipinski definition) is 3. The van der Waals surface area contributed by atoms with Crippen molar-refractivity contribution in [2.75, 3.05) is 12.4 Å². The first-order valence-corrected chi connectivity index (χ1v) is 7.45. The molecule has 2 N–H and O–H groups in total. The zero-order chi connectivity index (χ0) is 15.6. The molecule has 0 spiro atoms. The third-order valence-corrected chi connectivity index (χ3v) is 3.84. The van der Waals surface area contributed by atoms with E-state index in [0.29, 0.717) is 15.8 Å². The summed E-state index contributed by atoms with van der Waals surface area (Å²) < 4.78 is 14.0. The van der Waals surface area contributed by atoms with Gasteiger partial charge in [0.2, 0.25) is 5.91 Å². The van der Waals surface area contributed by atoms with Gasteiger partial charge >= 0.3 is 0 Å². The second kappa shape index (κ2) is 6.39. The summed E-state index contributed by atoms with van der Waals surface area (Å²) in [6.45, 7) is 3.90. The van der Waals surface area contributed by atoms with Gasteiger partial charge in [0.25, 0.3) is 0 Å². The Hall–Kier alpha value is -1.69. The van der Waals surface area contributed by atoms with Crippen LogP contribution in [0.25, 0.3) is 10.9 Å². The molecule has 1 atom stereocenters. The molecule has 0 bridgehead atoms. The molecule has 1 aromatic heterocycles. The normalized spacial score (nSPS) is 12.5. The minimum Gasteiger partial charge on any atom is -0.358 e. The number of nitrogens with one attached hydrogen (secondary N) is 2. The molecular formula is C15H17BrFN3O. The maximum absolute atomic E-state index is 13.6. The lowest BCUT2D eigenvalue weighted by atomic mass is 10.0. The van der Waals surface area contributed by atoms with E-state index in [0.717, 1.165) is 5.39 Å². The van der Waals surface area contributed by atoms with Gasteiger partial charge in [-0.15, -0.1) is 0 Å². The Kier molecular flexibility index (Phi) is 4.77. The van der Waals surface area contributed by atoms with Crippen molar-refractivity contribution in [3.63, 3.8) is 0 Å². The highest BCUT2D eigenvalue weighted by Gasteiger charge is 2.21. The van der Waals surface area contributed by atoms with Crippen LogP contribution in [0.5, 0.6) is 0 Å². The minimum absolute atomic E-state index is 0.101. The van der Waals surface area contributed by atoms with Crippen molar-refractivity contribution >= 4 is 38.6 Å². The number of aromatic nitrogens is 1. The Morgan fingerprint density at radius 3 is 2.67 bits per heavy atom. The van der Waals surface area contributed by atoms with E-state index in [9.17, 15) is 9.18 Å². The highest BCUT2D eigenvalue weighted by atomic mass is 79.9. The van der Waals surface area contributed by atoms with Crippen molar-refractivity contribution in [2.24, 2.45) is 5.92 Å². The third kappa shape index (κ3) is 3.50. The fourth-order valence-corrected chi connectivity index (χ4v) is 2.41. The van der Waals surface area contributed by atoms with Gasteiger partial charge in [-0.25, -0.2) is 9.37 Å². The molecule has 0 saturated heterocycles. The first-order chi connectivity index (χ1) is 9.92. The van der Waals surface area contributed by atoms with Gasteiger partial charge in [-0.05, 0) is 40.0 Å². The van der Waals surface area contributed by atoms with Gasteiger partial charge in [-0.1, -0.05) is 13.8 Å². The van der Waals surface area contributed by atoms with Gasteiger partial charge in [0.1, 0.15) is 17.7 Å². The molecule has 2 rings (SSSR count). The zero-order valence-corrected chi connectivity index (χ0v) is 13.7. The summed E-state index contributed by atoms with van der Waals surface area (Å²) in [5, 5.41) is 6.55. The summed E-state index contributed by atoms with van der Waals surface area (Å²) in [5.74, 6) is 0.184. The highest BCUT2D eigenvalue weighted by molar-refractivity contribution is 9.10. The topological polar surface area (TPSA) is 54.0 Å². The minimum atomic E-state index is -0.389. The fourth-order valence-electron chi connectivity index (χ4n) is 2.05. The summed E-state index contributed by atoms with van der Waals surface area (Å²) in [6, 6.07) is 6.29. The molecule has 0 aliphatic heterocycles. The van der Waals surface area contributed by atoms with Crippen LogP contribution in [0, 0.1) is 11.7 Å². The Balaban J connectivity index is 2.34. The maximum atomic E-state index is 13.6. The van der Waals surface area contributed by atoms with Crippen LogP contribution in [0.3, 0.4) is 0 Å². The second-order valence-corrected chi connectivity index (χ2v) is 5.99. The number of carbonyl (C=O) groups excluding carboxylic acids is 1. The Bertz CT molecular complexity index is 675. The van der Waals surface area contributed by atoms with Crippen molar-refractivity contribution < 1.29 is 9.18 Å². The van der Waals surface area contributed by atoms with Gasteiger partial charge in [0.05, 0.1) is 9.99 Å². The largest absolute Gasteiger partial charge is 0.358 e. The van der Waals surface area contributed by atoms with E-state index >= 15 is 0 Å². The van der Waals surface area contributed by atoms with Gasteiger partial charge in [0, 0.05) is 18.5 Å². The Morgan fingerprint density at radius 1 is 1.33 bits per heavy atom. The number of hydrogen-bond donors (Lipinski definition) is 2. The summed E-state index contributed by atoms with van der Waals surface area (Å²) in [5.41, 5.74) is 0.542. The smallest absolute Gasteiger partial charge is 0.242 e. The van der Waals surface area contributed by atoms with Crippen molar-refractivity contribution in [3.05, 3.63) is 34.6 Å². The van der Waals surface area contributed by atoms with Gasteiger partial charge in [0.15, 0.2) is 0 Å². The van der Waals surface area contributed by atoms with Gasteiger partial charge in [-0.3, -0.25) is 4.79 Å². The number of benzene rings is 1. The average molecular weight is 354 g/mol. The van der Waals surface area contributed by atoms with E-state index < -0.39 is 0 Å². The molecule has 1 heterocycles. The third-order valence-electron chi connectivity index (χ3n) is 3.23. The van der Waals surface area contributed by atoms with E-state index in [1.807, 2.05) is 19.9 Å². The quantitative estimate of drug-likeness (QED) is 0.886. The molecule has 0 fully saturated rings. The van der Waals surface area contributed by atoms with Crippen LogP contribution in [0.1, 0.15) is 13.8 Å². The van der Waals surface area contributed by atoms with Crippen LogP contribution in [-0.2, 0) is 4.79 Å². The van der Waals surface area contributed by atoms with E-state index in [1.54, 1.807) is 19.2 Å². The summed E-state index contributed by atoms with van der Waals surface area (Å²) >= 11 is 3.15. The number of carbonyl (C=O) groups is 1. The molecular weight excluding hydrogens is 337 g/mol. The summed E-state index contributed by atoms with van der Waals surface area (Å²) in [6.07, 6.45) is 0. The lowest BCUT2D eigenvalue weighted by Crippen LogP contribution is -2.41. The zero-order valence-electron chi connectivity index (χ0n) is 12.1. The molecule has 6 heteroatoms. The summed E-state index contributed by atoms with van der Waals surface area (Å²) in [4.78, 5) is 16.2. The number of fused-ring (bicyclic) bond motifs is 1. The predicted molar refractivity (Wildman–Crippen MR) is 85.7 cm³/mol. The number of likely N-dealkylation sites (N-methyl/N-ethyl adjacent to an activating group) is 1. The van der Waals surface area contributed by atoms with Crippen molar-refractivity contribution in [2.45, 2.75) is 19.9 Å². The van der Waals surface area contributed by atoms with Crippen LogP contribution in [0.4, 0.5) is 10.2 Å². The lowest BCUT2D eigenvalue weighted by molar-refractivity contribution is -0.122. The molecule has 0 aliphatic carbocycles. The van der Waals surface area contributed by atoms with Crippen LogP contribution in [-0.4, -0.2) is 24.0 Å². The summed E-state index contributed by atoms with van der Waals surface area (Å²) in [7, 11) is 1.60. The number of rotatable bonds is 4. The van der Waals surface area contributed by atoms with Crippen LogP contribution in [0.2, 0.25) is 0 Å². The van der Waals surface area contributed by atoms with Crippen LogP contribution in [0.15, 0.2) is 28.7 Å². The van der Waals surface area contributed by atoms with Crippen LogP contribution < -0.4 is 10.6 Å². The van der Waals surface area contributed by atoms with E-state index in [2.05, 4.69) is 31.5 Å². The molecule has 1 amide bonds. The first kappa shape index (κ1) is 15.7. The number of halogens is 2. The number of pyridine rings is 1. The SMILES string of the molecule is CNC(=O)C(Nc1ccc2cc(Br)c(F)cc2n1)C(C)C. The molecule has 1 unspecified atom stereocenters. The molecule has 2 aromatic rings. The molecule has 4 nitrogen and oxygen atoms in total. The average Bonchev–Trinajstić information content (AvgIpc) is 2.45. The standard InChI is InChI=1S/C15H17BrFN3O/c1-8(2)14(15(21)18-3)20-13-5-4-9-6-10(16)11(17)7-12(9)19-13/h4-8,14H,1-3H3,(H,18,21)(H,19,20). The molecule has 0 aliphatic rings. The maximum Gasteiger partial charge on any atom is 0.242 e. The molecule has 1 aromatic carbocycles. The number of nitrogens with zero attached hydrogens (tertiary/aromatic N) is 1. The first-order valence-electron chi connectivity index (χ1n) is 6.66. The Labute approximate surface area is 131 Å². The molecule has 0 saturated carbocycles. The molecule has 21 heavy (non-hydrogen) atoms. The number of amides is 1. The molecule has 0 radical (unpaired) electrons. The van der Waals surface area contributed by atoms with Gasteiger partial charge in [-0.2, -0.15) is 0 Å². The van der Waals surface area contributed by atoms with Crippen molar-refractivity contribution in [3.8, 4) is 0 Å². The van der Waals surface area contributed by atoms with Crippen molar-refractivity contribution in [1.29, 1.82) is 0 Å². The van der Waals surface area contributed by atoms with Crippen LogP contribution >= 0.6 is 15.9 Å². The molecule has 112 valence electrons. The fraction of sp³-hybridized carbons (Fsp3) is 0.333. The number of anilines is 1. The van der Waals surface area contributed by atoms with E-state index in [1.165, 1.54) is 6.07 Å². The van der Waals surface area contributed by atoms with Gasteiger partial charge < -0.3 is 10.6 Å².